The van der Waals surface area contributed by atoms with Crippen LogP contribution in [0.4, 0.5) is 8.78 Å². The Kier molecular flexibility index (Phi) is 5.05. The summed E-state index contributed by atoms with van der Waals surface area (Å²) in [4.78, 5) is 10.8. The Morgan fingerprint density at radius 3 is 2.47 bits per heavy atom. The molecule has 0 saturated carbocycles. The van der Waals surface area contributed by atoms with Crippen LogP contribution in [0.1, 0.15) is 5.56 Å². The molecule has 0 fully saturated rings. The quantitative estimate of drug-likeness (QED) is 0.575. The van der Waals surface area contributed by atoms with Crippen LogP contribution >= 0.6 is 0 Å². The highest BCUT2D eigenvalue weighted by molar-refractivity contribution is 6.36. The van der Waals surface area contributed by atoms with E-state index in [2.05, 4.69) is 4.65 Å². The average Bonchev–Trinajstić information content (AvgIpc) is 2.22. The summed E-state index contributed by atoms with van der Waals surface area (Å²) in [6.45, 7) is -0.151. The van der Waals surface area contributed by atoms with Crippen LogP contribution < -0.4 is 5.73 Å². The van der Waals surface area contributed by atoms with Gasteiger partial charge in [-0.2, -0.15) is 0 Å². The molecule has 0 unspecified atom stereocenters. The Morgan fingerprint density at radius 2 is 2.00 bits per heavy atom. The largest absolute Gasteiger partial charge is 0.481 e. The number of rotatable bonds is 6. The van der Waals surface area contributed by atoms with Crippen LogP contribution in [-0.4, -0.2) is 25.3 Å². The predicted molar refractivity (Wildman–Crippen MR) is 57.3 cm³/mol. The molecular formula is C10H11BF2NO3. The second-order valence-corrected chi connectivity index (χ2v) is 3.40. The van der Waals surface area contributed by atoms with E-state index in [1.54, 1.807) is 0 Å². The van der Waals surface area contributed by atoms with Crippen molar-refractivity contribution >= 4 is 13.5 Å². The Labute approximate surface area is 97.7 Å². The van der Waals surface area contributed by atoms with Crippen LogP contribution in [0.15, 0.2) is 18.2 Å². The zero-order chi connectivity index (χ0) is 12.8. The van der Waals surface area contributed by atoms with Crippen molar-refractivity contribution in [3.8, 4) is 0 Å². The zero-order valence-corrected chi connectivity index (χ0v) is 8.90. The molecule has 0 aliphatic carbocycles. The lowest BCUT2D eigenvalue weighted by Crippen LogP contribution is -2.22. The van der Waals surface area contributed by atoms with Crippen LogP contribution in [0.2, 0.25) is 5.82 Å². The third-order valence-electron chi connectivity index (χ3n) is 2.05. The number of carboxylic acid groups (broad SMARTS) is 1. The molecular weight excluding hydrogens is 231 g/mol. The molecule has 91 valence electrons. The fraction of sp³-hybridized carbons (Fsp3) is 0.300. The molecule has 17 heavy (non-hydrogen) atoms. The molecule has 4 nitrogen and oxygen atoms in total. The lowest BCUT2D eigenvalue weighted by Gasteiger charge is -2.10. The number of hydrogen-bond acceptors (Lipinski definition) is 3. The molecule has 0 spiro atoms. The van der Waals surface area contributed by atoms with Gasteiger partial charge in [0.1, 0.15) is 11.6 Å². The molecule has 0 heterocycles. The van der Waals surface area contributed by atoms with E-state index < -0.39 is 23.4 Å². The van der Waals surface area contributed by atoms with Crippen molar-refractivity contribution in [2.24, 2.45) is 5.73 Å². The molecule has 3 N–H and O–H groups in total. The number of carboxylic acids is 1. The molecule has 1 atom stereocenters. The van der Waals surface area contributed by atoms with Gasteiger partial charge in [-0.3, -0.25) is 4.79 Å². The van der Waals surface area contributed by atoms with Gasteiger partial charge in [-0.1, -0.05) is 0 Å². The lowest BCUT2D eigenvalue weighted by molar-refractivity contribution is -0.137. The normalized spacial score (nSPS) is 12.2. The zero-order valence-electron chi connectivity index (χ0n) is 8.90. The summed E-state index contributed by atoms with van der Waals surface area (Å²) in [5.74, 6) is -3.64. The molecule has 1 aromatic rings. The average molecular weight is 242 g/mol. The van der Waals surface area contributed by atoms with Crippen LogP contribution in [0, 0.1) is 11.6 Å². The summed E-state index contributed by atoms with van der Waals surface area (Å²) in [5.41, 5.74) is 5.29. The van der Waals surface area contributed by atoms with E-state index in [9.17, 15) is 13.6 Å². The molecule has 1 rings (SSSR count). The number of aliphatic carboxylic acids is 1. The van der Waals surface area contributed by atoms with Gasteiger partial charge in [0.05, 0.1) is 12.5 Å². The van der Waals surface area contributed by atoms with Gasteiger partial charge in [0.2, 0.25) is 0 Å². The molecule has 0 saturated heterocycles. The summed E-state index contributed by atoms with van der Waals surface area (Å²) in [5, 5.41) is 8.86. The molecule has 0 amide bonds. The summed E-state index contributed by atoms with van der Waals surface area (Å²) in [6, 6.07) is 2.88. The molecule has 1 aromatic carbocycles. The Bertz CT molecular complexity index is 383. The van der Waals surface area contributed by atoms with Crippen molar-refractivity contribution in [1.29, 1.82) is 0 Å². The first kappa shape index (κ1) is 13.6. The van der Waals surface area contributed by atoms with Crippen molar-refractivity contribution in [2.75, 3.05) is 6.73 Å². The molecule has 7 heteroatoms. The highest BCUT2D eigenvalue weighted by Crippen LogP contribution is 2.16. The number of nitrogens with two attached hydrogens (primary N) is 1. The van der Waals surface area contributed by atoms with E-state index in [1.165, 1.54) is 0 Å². The van der Waals surface area contributed by atoms with Crippen molar-refractivity contribution in [2.45, 2.75) is 12.2 Å². The van der Waals surface area contributed by atoms with Gasteiger partial charge in [0.15, 0.2) is 0 Å². The van der Waals surface area contributed by atoms with Crippen molar-refractivity contribution in [3.05, 3.63) is 35.4 Å². The topological polar surface area (TPSA) is 72.5 Å². The van der Waals surface area contributed by atoms with Gasteiger partial charge in [-0.05, 0) is 24.1 Å². The standard InChI is InChI=1S/C10H11BF2NO3/c12-7-1-6(2-8(13)4-7)3-9(10(15)16)11-17-5-14/h1-2,4,9H,3,5,14H2,(H,15,16)/t9-/m0/s1. The van der Waals surface area contributed by atoms with Gasteiger partial charge >= 0.3 is 13.5 Å². The Morgan fingerprint density at radius 1 is 1.41 bits per heavy atom. The highest BCUT2D eigenvalue weighted by atomic mass is 19.1. The van der Waals surface area contributed by atoms with E-state index in [4.69, 9.17) is 10.8 Å². The van der Waals surface area contributed by atoms with Crippen molar-refractivity contribution < 1.29 is 23.3 Å². The van der Waals surface area contributed by atoms with E-state index in [-0.39, 0.29) is 18.7 Å². The monoisotopic (exact) mass is 242 g/mol. The van der Waals surface area contributed by atoms with Crippen LogP contribution in [-0.2, 0) is 15.9 Å². The molecule has 0 aromatic heterocycles. The molecule has 1 radical (unpaired) electrons. The van der Waals surface area contributed by atoms with E-state index in [0.29, 0.717) is 0 Å². The minimum absolute atomic E-state index is 0.0655. The van der Waals surface area contributed by atoms with Gasteiger partial charge in [-0.15, -0.1) is 0 Å². The van der Waals surface area contributed by atoms with E-state index in [0.717, 1.165) is 25.7 Å². The minimum atomic E-state index is -1.15. The molecule has 0 aliphatic rings. The first-order valence-corrected chi connectivity index (χ1v) is 4.85. The van der Waals surface area contributed by atoms with E-state index in [1.807, 2.05) is 0 Å². The Balaban J connectivity index is 2.74. The maximum atomic E-state index is 12.9. The first-order valence-electron chi connectivity index (χ1n) is 4.85. The summed E-state index contributed by atoms with van der Waals surface area (Å²) in [6.07, 6.45) is -0.0655. The highest BCUT2D eigenvalue weighted by Gasteiger charge is 2.21. The second-order valence-electron chi connectivity index (χ2n) is 3.40. The lowest BCUT2D eigenvalue weighted by atomic mass is 9.76. The van der Waals surface area contributed by atoms with Gasteiger partial charge < -0.3 is 15.5 Å². The van der Waals surface area contributed by atoms with Crippen molar-refractivity contribution in [3.63, 3.8) is 0 Å². The van der Waals surface area contributed by atoms with E-state index >= 15 is 0 Å². The van der Waals surface area contributed by atoms with Crippen molar-refractivity contribution in [1.82, 2.24) is 0 Å². The number of hydrogen-bond donors (Lipinski definition) is 2. The fourth-order valence-corrected chi connectivity index (χ4v) is 1.35. The summed E-state index contributed by atoms with van der Waals surface area (Å²) < 4.78 is 30.4. The van der Waals surface area contributed by atoms with Crippen LogP contribution in [0.5, 0.6) is 0 Å². The maximum absolute atomic E-state index is 12.9. The predicted octanol–water partition coefficient (Wildman–Crippen LogP) is 0.932. The first-order chi connectivity index (χ1) is 8.02. The number of halogens is 2. The van der Waals surface area contributed by atoms with Gasteiger partial charge in [-0.25, -0.2) is 8.78 Å². The third kappa shape index (κ3) is 4.50. The number of carbonyl (C=O) groups is 1. The van der Waals surface area contributed by atoms with Gasteiger partial charge in [0.25, 0.3) is 0 Å². The maximum Gasteiger partial charge on any atom is 0.309 e. The Hall–Kier alpha value is -1.47. The summed E-state index contributed by atoms with van der Waals surface area (Å²) in [7, 11) is 1.05. The fourth-order valence-electron chi connectivity index (χ4n) is 1.35. The smallest absolute Gasteiger partial charge is 0.309 e. The van der Waals surface area contributed by atoms with Crippen LogP contribution in [0.3, 0.4) is 0 Å². The SMILES string of the molecule is NCO[B][C@@H](Cc1cc(F)cc(F)c1)C(=O)O. The number of benzene rings is 1. The molecule has 0 bridgehead atoms. The second kappa shape index (κ2) is 6.31. The van der Waals surface area contributed by atoms with Gasteiger partial charge in [0, 0.05) is 6.07 Å². The third-order valence-corrected chi connectivity index (χ3v) is 2.05. The summed E-state index contributed by atoms with van der Waals surface area (Å²) >= 11 is 0. The molecule has 0 aliphatic heterocycles. The van der Waals surface area contributed by atoms with Crippen LogP contribution in [0.25, 0.3) is 0 Å². The minimum Gasteiger partial charge on any atom is -0.481 e.